The fourth-order valence-corrected chi connectivity index (χ4v) is 15.3. The summed E-state index contributed by atoms with van der Waals surface area (Å²) in [6.07, 6.45) is 14.4. The molecule has 4 nitrogen and oxygen atoms in total. The molecule has 0 spiro atoms. The molecule has 434 valence electrons. The molecule has 2 heterocycles. The first-order valence-electron chi connectivity index (χ1n) is 32.1. The van der Waals surface area contributed by atoms with Crippen LogP contribution in [0.5, 0.6) is 0 Å². The highest BCUT2D eigenvalue weighted by molar-refractivity contribution is 6.16. The highest BCUT2D eigenvalue weighted by atomic mass is 15.2. The average molecular weight is 1170 g/mol. The van der Waals surface area contributed by atoms with Crippen molar-refractivity contribution in [2.75, 3.05) is 14.7 Å². The first kappa shape index (κ1) is 54.0. The van der Waals surface area contributed by atoms with Crippen molar-refractivity contribution in [3.63, 3.8) is 0 Å². The van der Waals surface area contributed by atoms with Gasteiger partial charge in [-0.1, -0.05) is 220 Å². The van der Waals surface area contributed by atoms with Crippen LogP contribution in [0.2, 0.25) is 0 Å². The number of nitrogens with zero attached hydrogens (tertiary/aromatic N) is 4. The number of aromatic nitrogens is 1. The van der Waals surface area contributed by atoms with Gasteiger partial charge >= 0.3 is 0 Å². The van der Waals surface area contributed by atoms with Crippen molar-refractivity contribution >= 4 is 89.2 Å². The minimum absolute atomic E-state index is 0.101. The first-order valence-corrected chi connectivity index (χ1v) is 32.1. The Labute approximate surface area is 532 Å². The number of fused-ring (bicyclic) bond motifs is 8. The molecular weight excluding hydrogens is 1100 g/mol. The van der Waals surface area contributed by atoms with Crippen molar-refractivity contribution < 1.29 is 0 Å². The van der Waals surface area contributed by atoms with Gasteiger partial charge in [-0.05, 0) is 201 Å². The maximum Gasteiger partial charge on any atom is 0.0632 e. The zero-order valence-electron chi connectivity index (χ0n) is 51.1. The van der Waals surface area contributed by atoms with Gasteiger partial charge in [0.15, 0.2) is 0 Å². The number of benzene rings is 13. The summed E-state index contributed by atoms with van der Waals surface area (Å²) in [4.78, 5) is 7.39. The van der Waals surface area contributed by atoms with Crippen molar-refractivity contribution in [2.45, 2.75) is 44.6 Å². The Hall–Kier alpha value is -11.2. The van der Waals surface area contributed by atoms with Crippen LogP contribution in [0.25, 0.3) is 88.5 Å². The predicted molar refractivity (Wildman–Crippen MR) is 385 cm³/mol. The third-order valence-corrected chi connectivity index (χ3v) is 19.5. The summed E-state index contributed by atoms with van der Waals surface area (Å²) in [5.74, 6) is 0. The van der Waals surface area contributed by atoms with Gasteiger partial charge in [0.1, 0.15) is 0 Å². The van der Waals surface area contributed by atoms with Crippen molar-refractivity contribution in [1.82, 2.24) is 4.57 Å². The Morgan fingerprint density at radius 3 is 1.52 bits per heavy atom. The van der Waals surface area contributed by atoms with E-state index >= 15 is 0 Å². The van der Waals surface area contributed by atoms with E-state index in [1.807, 2.05) is 0 Å². The molecule has 1 aliphatic heterocycles. The Balaban J connectivity index is 0.864. The quantitative estimate of drug-likeness (QED) is 0.121. The van der Waals surface area contributed by atoms with Gasteiger partial charge in [0, 0.05) is 61.1 Å². The van der Waals surface area contributed by atoms with E-state index < -0.39 is 5.41 Å². The van der Waals surface area contributed by atoms with Crippen LogP contribution < -0.4 is 14.7 Å². The van der Waals surface area contributed by atoms with Crippen LogP contribution in [0.1, 0.15) is 61.4 Å². The Morgan fingerprint density at radius 2 is 0.901 bits per heavy atom. The molecule has 4 heteroatoms. The molecule has 91 heavy (non-hydrogen) atoms. The van der Waals surface area contributed by atoms with Crippen molar-refractivity contribution in [3.05, 3.63) is 343 Å². The van der Waals surface area contributed by atoms with Crippen LogP contribution >= 0.6 is 0 Å². The summed E-state index contributed by atoms with van der Waals surface area (Å²) in [5.41, 5.74) is 25.1. The van der Waals surface area contributed by atoms with Gasteiger partial charge in [-0.2, -0.15) is 0 Å². The van der Waals surface area contributed by atoms with E-state index in [1.54, 1.807) is 0 Å². The van der Waals surface area contributed by atoms with Crippen molar-refractivity contribution in [3.8, 4) is 39.1 Å². The normalized spacial score (nSPS) is 14.5. The molecule has 14 aromatic rings. The lowest BCUT2D eigenvalue weighted by molar-refractivity contribution is 0.630. The molecule has 0 radical (unpaired) electrons. The largest absolute Gasteiger partial charge is 0.334 e. The number of para-hydroxylation sites is 5. The first-order chi connectivity index (χ1) is 44.9. The van der Waals surface area contributed by atoms with Crippen molar-refractivity contribution in [1.29, 1.82) is 0 Å². The molecule has 17 rings (SSSR count). The molecule has 0 N–H and O–H groups in total. The third kappa shape index (κ3) is 9.04. The van der Waals surface area contributed by atoms with Gasteiger partial charge in [-0.3, -0.25) is 0 Å². The summed E-state index contributed by atoms with van der Waals surface area (Å²) in [5, 5.41) is 7.34. The van der Waals surface area contributed by atoms with Crippen LogP contribution in [-0.4, -0.2) is 4.57 Å². The van der Waals surface area contributed by atoms with Gasteiger partial charge in [-0.15, -0.1) is 0 Å². The van der Waals surface area contributed by atoms with E-state index in [0.717, 1.165) is 36.3 Å². The second kappa shape index (κ2) is 22.1. The molecule has 1 aromatic heterocycles. The molecule has 0 amide bonds. The van der Waals surface area contributed by atoms with Crippen molar-refractivity contribution in [2.24, 2.45) is 0 Å². The van der Waals surface area contributed by atoms with Gasteiger partial charge in [-0.25, -0.2) is 0 Å². The summed E-state index contributed by atoms with van der Waals surface area (Å²) in [6.45, 7) is 4.91. The standard InChI is InChI=1S/C87H66N4/c1-87(2)79-57-60(69-40-22-46-75-72(69)43-25-49-82(75)89(64-31-13-5-14-32-64)65-33-15-6-16-34-65)52-54-85(79)91-84-53-51-59(68-39-21-45-74-71(68)42-24-48-81(74)88(62-27-9-3-10-28-62)63-29-11-4-12-30-63)55-77(84)78-56-61(58-80(87)86(78)91)70-41-23-47-76-73(70)44-26-50-83(76)90(66-35-17-7-18-36-66)67-37-19-8-20-38-67/h3-15,17-33,35-47,49-58,81H,16,34,48H2,1-2H3. The lowest BCUT2D eigenvalue weighted by atomic mass is 9.73. The van der Waals surface area contributed by atoms with Crippen LogP contribution in [0.15, 0.2) is 321 Å². The number of hydrogen-bond donors (Lipinski definition) is 0. The minimum Gasteiger partial charge on any atom is -0.334 e. The topological polar surface area (TPSA) is 14.7 Å². The van der Waals surface area contributed by atoms with Gasteiger partial charge in [0.05, 0.1) is 34.1 Å². The van der Waals surface area contributed by atoms with Crippen LogP contribution in [0.3, 0.4) is 0 Å². The maximum atomic E-state index is 2.59. The zero-order valence-corrected chi connectivity index (χ0v) is 51.1. The minimum atomic E-state index is -0.414. The molecule has 2 aliphatic carbocycles. The highest BCUT2D eigenvalue weighted by Crippen LogP contribution is 2.53. The lowest BCUT2D eigenvalue weighted by Crippen LogP contribution is -2.26. The van der Waals surface area contributed by atoms with E-state index in [1.165, 1.54) is 133 Å². The smallest absolute Gasteiger partial charge is 0.0632 e. The molecular formula is C87H66N4. The maximum absolute atomic E-state index is 2.59. The van der Waals surface area contributed by atoms with Gasteiger partial charge < -0.3 is 19.3 Å². The SMILES string of the molecule is CC1(C)c2cc(-c3cccc4c(N(C5=CC=CCC5)c5ccccc5)cccc34)ccc2-n2c3ccc(-c4cccc5c4C=CCC5N(c4ccccc4)c4ccccc4)cc3c3cc(-c4cccc5c(N(c6ccccc6)c6ccccc6)cccc45)cc1c32. The van der Waals surface area contributed by atoms with E-state index in [-0.39, 0.29) is 6.04 Å². The summed E-state index contributed by atoms with van der Waals surface area (Å²) < 4.78 is 2.59. The number of anilines is 7. The van der Waals surface area contributed by atoms with Gasteiger partial charge in [0.2, 0.25) is 0 Å². The van der Waals surface area contributed by atoms with Crippen LogP contribution in [-0.2, 0) is 5.41 Å². The van der Waals surface area contributed by atoms with Crippen LogP contribution in [0.4, 0.5) is 39.8 Å². The second-order valence-electron chi connectivity index (χ2n) is 25.0. The summed E-state index contributed by atoms with van der Waals surface area (Å²) in [6, 6.07) is 108. The molecule has 0 fully saturated rings. The molecule has 0 saturated heterocycles. The summed E-state index contributed by atoms with van der Waals surface area (Å²) >= 11 is 0. The summed E-state index contributed by atoms with van der Waals surface area (Å²) in [7, 11) is 0. The van der Waals surface area contributed by atoms with E-state index in [2.05, 4.69) is 355 Å². The number of hydrogen-bond acceptors (Lipinski definition) is 3. The van der Waals surface area contributed by atoms with Gasteiger partial charge in [0.25, 0.3) is 0 Å². The number of rotatable bonds is 12. The monoisotopic (exact) mass is 1170 g/mol. The second-order valence-corrected chi connectivity index (χ2v) is 25.0. The zero-order chi connectivity index (χ0) is 60.6. The fraction of sp³-hybridized carbons (Fsp3) is 0.0805. The fourth-order valence-electron chi connectivity index (χ4n) is 15.3. The van der Waals surface area contributed by atoms with E-state index in [4.69, 9.17) is 0 Å². The Morgan fingerprint density at radius 1 is 0.396 bits per heavy atom. The molecule has 3 aliphatic rings. The average Bonchev–Trinajstić information content (AvgIpc) is 1.59. The molecule has 0 bridgehead atoms. The number of allylic oxidation sites excluding steroid dienone is 4. The molecule has 0 saturated carbocycles. The molecule has 1 unspecified atom stereocenters. The van der Waals surface area contributed by atoms with Crippen LogP contribution in [0, 0.1) is 0 Å². The third-order valence-electron chi connectivity index (χ3n) is 19.5. The van der Waals surface area contributed by atoms with E-state index in [9.17, 15) is 0 Å². The Kier molecular flexibility index (Phi) is 13.1. The molecule has 1 atom stereocenters. The highest BCUT2D eigenvalue weighted by Gasteiger charge is 2.37. The van der Waals surface area contributed by atoms with E-state index in [0.29, 0.717) is 0 Å². The molecule has 13 aromatic carbocycles. The Bertz CT molecular complexity index is 5150. The lowest BCUT2D eigenvalue weighted by Gasteiger charge is -2.36. The predicted octanol–water partition coefficient (Wildman–Crippen LogP) is 23.9.